The second kappa shape index (κ2) is 9.89. The zero-order chi connectivity index (χ0) is 24.4. The molecule has 1 amide bonds. The number of fused-ring (bicyclic) bond motifs is 1. The SMILES string of the molecule is CCN(CC)CCN1C(=O)C(=O)/C(=C(\O)c2ccc3c(c2)N(C)CCO3)C1c1cccc(C)c1. The highest BCUT2D eigenvalue weighted by molar-refractivity contribution is 6.46. The highest BCUT2D eigenvalue weighted by Gasteiger charge is 2.46. The molecule has 1 unspecified atom stereocenters. The van der Waals surface area contributed by atoms with Crippen LogP contribution in [0.4, 0.5) is 5.69 Å². The number of aryl methyl sites for hydroxylation is 1. The molecule has 0 aromatic heterocycles. The number of likely N-dealkylation sites (tertiary alicyclic amines) is 1. The Morgan fingerprint density at radius 1 is 1.15 bits per heavy atom. The van der Waals surface area contributed by atoms with Crippen molar-refractivity contribution in [3.05, 3.63) is 64.7 Å². The Morgan fingerprint density at radius 3 is 2.62 bits per heavy atom. The molecule has 7 heteroatoms. The van der Waals surface area contributed by atoms with Crippen molar-refractivity contribution in [2.45, 2.75) is 26.8 Å². The Bertz CT molecular complexity index is 1120. The Morgan fingerprint density at radius 2 is 1.91 bits per heavy atom. The van der Waals surface area contributed by atoms with Gasteiger partial charge in [0, 0.05) is 25.7 Å². The third-order valence-corrected chi connectivity index (χ3v) is 6.78. The van der Waals surface area contributed by atoms with Crippen LogP contribution in [0.25, 0.3) is 5.76 Å². The average molecular weight is 464 g/mol. The molecule has 0 saturated carbocycles. The molecule has 2 aliphatic heterocycles. The van der Waals surface area contributed by atoms with E-state index in [9.17, 15) is 14.7 Å². The van der Waals surface area contributed by atoms with E-state index in [1.54, 1.807) is 17.0 Å². The minimum atomic E-state index is -0.647. The zero-order valence-corrected chi connectivity index (χ0v) is 20.4. The third kappa shape index (κ3) is 4.40. The van der Waals surface area contributed by atoms with Crippen molar-refractivity contribution in [2.24, 2.45) is 0 Å². The summed E-state index contributed by atoms with van der Waals surface area (Å²) in [4.78, 5) is 32.3. The van der Waals surface area contributed by atoms with Gasteiger partial charge in [-0.1, -0.05) is 43.7 Å². The molecule has 2 aromatic carbocycles. The number of benzene rings is 2. The molecule has 2 aromatic rings. The summed E-state index contributed by atoms with van der Waals surface area (Å²) in [5.41, 5.74) is 3.32. The van der Waals surface area contributed by atoms with E-state index in [4.69, 9.17) is 4.74 Å². The number of Topliss-reactive ketones (excluding diaryl/α,β-unsaturated/α-hetero) is 1. The first-order valence-corrected chi connectivity index (χ1v) is 11.9. The molecule has 1 atom stereocenters. The Balaban J connectivity index is 1.80. The third-order valence-electron chi connectivity index (χ3n) is 6.78. The summed E-state index contributed by atoms with van der Waals surface area (Å²) in [5, 5.41) is 11.4. The molecule has 1 N–H and O–H groups in total. The molecule has 1 saturated heterocycles. The predicted molar refractivity (Wildman–Crippen MR) is 133 cm³/mol. The fraction of sp³-hybridized carbons (Fsp3) is 0.407. The fourth-order valence-electron chi connectivity index (χ4n) is 4.74. The van der Waals surface area contributed by atoms with Gasteiger partial charge in [-0.25, -0.2) is 0 Å². The van der Waals surface area contributed by atoms with E-state index < -0.39 is 17.7 Å². The summed E-state index contributed by atoms with van der Waals surface area (Å²) >= 11 is 0. The standard InChI is InChI=1S/C27H33N3O4/c1-5-29(6-2)12-13-30-24(19-9-7-8-18(3)16-19)23(26(32)27(30)33)25(31)20-10-11-22-21(17-20)28(4)14-15-34-22/h7-11,16-17,24,31H,5-6,12-15H2,1-4H3/b25-23-. The Labute approximate surface area is 201 Å². The topological polar surface area (TPSA) is 73.3 Å². The highest BCUT2D eigenvalue weighted by atomic mass is 16.5. The van der Waals surface area contributed by atoms with Crippen molar-refractivity contribution in [3.8, 4) is 5.75 Å². The average Bonchev–Trinajstić information content (AvgIpc) is 3.09. The van der Waals surface area contributed by atoms with Crippen molar-refractivity contribution in [3.63, 3.8) is 0 Å². The predicted octanol–water partition coefficient (Wildman–Crippen LogP) is 3.59. The quantitative estimate of drug-likeness (QED) is 0.384. The van der Waals surface area contributed by atoms with Crippen molar-refractivity contribution in [1.29, 1.82) is 0 Å². The Kier molecular flexibility index (Phi) is 6.93. The molecule has 0 spiro atoms. The van der Waals surface area contributed by atoms with Gasteiger partial charge in [0.25, 0.3) is 11.7 Å². The molecule has 4 rings (SSSR count). The maximum atomic E-state index is 13.3. The van der Waals surface area contributed by atoms with Crippen molar-refractivity contribution >= 4 is 23.1 Å². The number of carbonyl (C=O) groups is 2. The maximum Gasteiger partial charge on any atom is 0.295 e. The summed E-state index contributed by atoms with van der Waals surface area (Å²) in [6, 6.07) is 12.5. The van der Waals surface area contributed by atoms with Crippen molar-refractivity contribution in [1.82, 2.24) is 9.80 Å². The number of aliphatic hydroxyl groups excluding tert-OH is 1. The molecule has 180 valence electrons. The van der Waals surface area contributed by atoms with Crippen LogP contribution in [0.15, 0.2) is 48.0 Å². The number of hydrogen-bond acceptors (Lipinski definition) is 6. The monoisotopic (exact) mass is 463 g/mol. The number of likely N-dealkylation sites (N-methyl/N-ethyl adjacent to an activating group) is 2. The minimum absolute atomic E-state index is 0.134. The number of anilines is 1. The number of ketones is 1. The molecule has 2 aliphatic rings. The van der Waals surface area contributed by atoms with Gasteiger partial charge < -0.3 is 24.5 Å². The second-order valence-corrected chi connectivity index (χ2v) is 8.89. The Hall–Kier alpha value is -3.32. The van der Waals surface area contributed by atoms with Crippen LogP contribution in [0.5, 0.6) is 5.75 Å². The largest absolute Gasteiger partial charge is 0.507 e. The zero-order valence-electron chi connectivity index (χ0n) is 20.4. The normalized spacial score (nSPS) is 19.5. The fourth-order valence-corrected chi connectivity index (χ4v) is 4.74. The van der Waals surface area contributed by atoms with E-state index in [2.05, 4.69) is 23.6 Å². The van der Waals surface area contributed by atoms with Gasteiger partial charge in [0.05, 0.1) is 23.8 Å². The van der Waals surface area contributed by atoms with Gasteiger partial charge in [0.2, 0.25) is 0 Å². The minimum Gasteiger partial charge on any atom is -0.507 e. The van der Waals surface area contributed by atoms with Crippen LogP contribution >= 0.6 is 0 Å². The summed E-state index contributed by atoms with van der Waals surface area (Å²) < 4.78 is 5.72. The maximum absolute atomic E-state index is 13.3. The summed E-state index contributed by atoms with van der Waals surface area (Å²) in [7, 11) is 1.96. The van der Waals surface area contributed by atoms with E-state index in [1.807, 2.05) is 44.3 Å². The smallest absolute Gasteiger partial charge is 0.295 e. The van der Waals surface area contributed by atoms with Gasteiger partial charge in [-0.15, -0.1) is 0 Å². The number of carbonyl (C=O) groups excluding carboxylic acids is 2. The number of ether oxygens (including phenoxy) is 1. The molecule has 0 aliphatic carbocycles. The molecule has 2 heterocycles. The van der Waals surface area contributed by atoms with Gasteiger partial charge in [0.15, 0.2) is 0 Å². The van der Waals surface area contributed by atoms with Gasteiger partial charge in [-0.2, -0.15) is 0 Å². The lowest BCUT2D eigenvalue weighted by molar-refractivity contribution is -0.140. The lowest BCUT2D eigenvalue weighted by Gasteiger charge is -2.29. The number of rotatable bonds is 7. The van der Waals surface area contributed by atoms with Crippen LogP contribution in [0.2, 0.25) is 0 Å². The second-order valence-electron chi connectivity index (χ2n) is 8.89. The van der Waals surface area contributed by atoms with Gasteiger partial charge in [-0.3, -0.25) is 9.59 Å². The lowest BCUT2D eigenvalue weighted by atomic mass is 9.94. The summed E-state index contributed by atoms with van der Waals surface area (Å²) in [5.74, 6) is -0.637. The van der Waals surface area contributed by atoms with Gasteiger partial charge in [0.1, 0.15) is 18.1 Å². The molecule has 7 nitrogen and oxygen atoms in total. The van der Waals surface area contributed by atoms with Crippen molar-refractivity contribution < 1.29 is 19.4 Å². The first-order valence-electron chi connectivity index (χ1n) is 11.9. The molecule has 34 heavy (non-hydrogen) atoms. The number of amides is 1. The van der Waals surface area contributed by atoms with E-state index in [0.717, 1.165) is 42.2 Å². The number of aliphatic hydroxyl groups is 1. The van der Waals surface area contributed by atoms with Crippen LogP contribution in [0.1, 0.15) is 36.6 Å². The first kappa shape index (κ1) is 23.8. The van der Waals surface area contributed by atoms with E-state index in [0.29, 0.717) is 25.3 Å². The summed E-state index contributed by atoms with van der Waals surface area (Å²) in [6.07, 6.45) is 0. The van der Waals surface area contributed by atoms with Crippen LogP contribution in [-0.2, 0) is 9.59 Å². The summed E-state index contributed by atoms with van der Waals surface area (Å²) in [6.45, 7) is 10.2. The highest BCUT2D eigenvalue weighted by Crippen LogP contribution is 2.41. The van der Waals surface area contributed by atoms with E-state index in [-0.39, 0.29) is 11.3 Å². The lowest BCUT2D eigenvalue weighted by Crippen LogP contribution is -2.38. The molecule has 0 bridgehead atoms. The van der Waals surface area contributed by atoms with Crippen LogP contribution in [0, 0.1) is 6.92 Å². The number of nitrogens with zero attached hydrogens (tertiary/aromatic N) is 3. The van der Waals surface area contributed by atoms with Gasteiger partial charge in [-0.05, 0) is 43.8 Å². The van der Waals surface area contributed by atoms with Gasteiger partial charge >= 0.3 is 0 Å². The molecule has 1 fully saturated rings. The van der Waals surface area contributed by atoms with Crippen LogP contribution in [0.3, 0.4) is 0 Å². The van der Waals surface area contributed by atoms with E-state index in [1.165, 1.54) is 0 Å². The van der Waals surface area contributed by atoms with Crippen LogP contribution < -0.4 is 9.64 Å². The molecular formula is C27H33N3O4. The van der Waals surface area contributed by atoms with Crippen molar-refractivity contribution in [2.75, 3.05) is 51.3 Å². The van der Waals surface area contributed by atoms with E-state index >= 15 is 0 Å². The number of hydrogen-bond donors (Lipinski definition) is 1. The molecule has 0 radical (unpaired) electrons. The van der Waals surface area contributed by atoms with Crippen LogP contribution in [-0.4, -0.2) is 73.0 Å². The molecular weight excluding hydrogens is 430 g/mol. The first-order chi connectivity index (χ1) is 16.3.